The summed E-state index contributed by atoms with van der Waals surface area (Å²) in [4.78, 5) is 25.9. The molecule has 134 valence electrons. The molecule has 2 aliphatic rings. The minimum atomic E-state index is -1.07. The summed E-state index contributed by atoms with van der Waals surface area (Å²) < 4.78 is 2.20. The largest absolute Gasteiger partial charge is 0.477 e. The quantitative estimate of drug-likeness (QED) is 0.587. The summed E-state index contributed by atoms with van der Waals surface area (Å²) in [5.41, 5.74) is 2.42. The highest BCUT2D eigenvalue weighted by molar-refractivity contribution is 8.03. The lowest BCUT2D eigenvalue weighted by Crippen LogP contribution is -2.61. The monoisotopic (exact) mass is 363 g/mol. The van der Waals surface area contributed by atoms with Crippen molar-refractivity contribution in [3.8, 4) is 0 Å². The number of aliphatic carboxylic acids is 1. The van der Waals surface area contributed by atoms with Crippen molar-refractivity contribution in [1.29, 1.82) is 0 Å². The number of aromatic nitrogens is 1. The van der Waals surface area contributed by atoms with E-state index in [1.165, 1.54) is 16.7 Å². The van der Waals surface area contributed by atoms with Gasteiger partial charge in [-0.2, -0.15) is 4.57 Å². The van der Waals surface area contributed by atoms with E-state index in [0.717, 1.165) is 28.6 Å². The van der Waals surface area contributed by atoms with Crippen LogP contribution in [-0.2, 0) is 16.1 Å². The lowest BCUT2D eigenvalue weighted by molar-refractivity contribution is -0.704. The summed E-state index contributed by atoms with van der Waals surface area (Å²) in [6.07, 6.45) is -0.233. The van der Waals surface area contributed by atoms with Gasteiger partial charge in [0.1, 0.15) is 5.70 Å². The standard InChI is InChI=1S/C18H22N2O4S/c1-10-5-4-6-11(2)19(10)7-8-25-14-9-13-15(12(3)21)17(22)20(13)16(14)18(23)24/h4-6,12-13,15,21H,7-9H2,1-3H3/p+1/t12-,13?,15?/m1/s1. The number of pyridine rings is 1. The molecular weight excluding hydrogens is 340 g/mol. The minimum absolute atomic E-state index is 0.100. The number of carbonyl (C=O) groups excluding carboxylic acids is 1. The molecule has 7 heteroatoms. The molecule has 0 bridgehead atoms. The highest BCUT2D eigenvalue weighted by atomic mass is 32.2. The van der Waals surface area contributed by atoms with E-state index in [1.807, 2.05) is 32.0 Å². The number of carboxylic acid groups (broad SMARTS) is 1. The van der Waals surface area contributed by atoms with E-state index < -0.39 is 18.0 Å². The Morgan fingerprint density at radius 2 is 2.04 bits per heavy atom. The molecule has 0 aliphatic carbocycles. The fraction of sp³-hybridized carbons (Fsp3) is 0.500. The van der Waals surface area contributed by atoms with Gasteiger partial charge in [-0.1, -0.05) is 0 Å². The van der Waals surface area contributed by atoms with E-state index in [1.54, 1.807) is 6.92 Å². The average molecular weight is 363 g/mol. The zero-order valence-corrected chi connectivity index (χ0v) is 15.4. The number of hydrogen-bond donors (Lipinski definition) is 2. The number of fused-ring (bicyclic) bond motifs is 1. The number of carboxylic acids is 1. The number of aryl methyl sites for hydroxylation is 2. The maximum absolute atomic E-state index is 12.2. The van der Waals surface area contributed by atoms with Crippen LogP contribution >= 0.6 is 11.8 Å². The van der Waals surface area contributed by atoms with Crippen molar-refractivity contribution in [2.24, 2.45) is 5.92 Å². The number of nitrogens with zero attached hydrogens (tertiary/aromatic N) is 2. The zero-order chi connectivity index (χ0) is 18.3. The van der Waals surface area contributed by atoms with Gasteiger partial charge in [0, 0.05) is 37.3 Å². The van der Waals surface area contributed by atoms with Crippen molar-refractivity contribution in [2.75, 3.05) is 5.75 Å². The third kappa shape index (κ3) is 3.06. The summed E-state index contributed by atoms with van der Waals surface area (Å²) in [7, 11) is 0. The van der Waals surface area contributed by atoms with Gasteiger partial charge in [0.2, 0.25) is 5.91 Å². The molecule has 3 heterocycles. The molecule has 3 rings (SSSR count). The summed E-state index contributed by atoms with van der Waals surface area (Å²) in [6, 6.07) is 5.90. The number of thioether (sulfide) groups is 1. The maximum Gasteiger partial charge on any atom is 0.353 e. The molecule has 2 unspecified atom stereocenters. The Balaban J connectivity index is 1.72. The molecule has 1 fully saturated rings. The minimum Gasteiger partial charge on any atom is -0.477 e. The molecule has 3 atom stereocenters. The summed E-state index contributed by atoms with van der Waals surface area (Å²) >= 11 is 1.50. The van der Waals surface area contributed by atoms with Gasteiger partial charge in [0.15, 0.2) is 17.9 Å². The summed E-state index contributed by atoms with van der Waals surface area (Å²) in [5, 5.41) is 19.3. The van der Waals surface area contributed by atoms with Crippen LogP contribution in [0.3, 0.4) is 0 Å². The van der Waals surface area contributed by atoms with Crippen molar-refractivity contribution in [1.82, 2.24) is 4.90 Å². The van der Waals surface area contributed by atoms with Crippen molar-refractivity contribution < 1.29 is 24.4 Å². The Labute approximate surface area is 151 Å². The molecule has 2 aliphatic heterocycles. The van der Waals surface area contributed by atoms with Crippen LogP contribution in [0.25, 0.3) is 0 Å². The number of amides is 1. The number of carbonyl (C=O) groups is 2. The third-order valence-electron chi connectivity index (χ3n) is 5.01. The van der Waals surface area contributed by atoms with Crippen LogP contribution in [0.4, 0.5) is 0 Å². The van der Waals surface area contributed by atoms with E-state index >= 15 is 0 Å². The van der Waals surface area contributed by atoms with E-state index in [-0.39, 0.29) is 17.6 Å². The van der Waals surface area contributed by atoms with Gasteiger partial charge in [-0.25, -0.2) is 4.79 Å². The SMILES string of the molecule is Cc1cccc(C)[n+]1CCSC1=C(C(=O)O)N2C(=O)C([C@@H](C)O)C2C1. The van der Waals surface area contributed by atoms with Crippen LogP contribution in [0, 0.1) is 19.8 Å². The summed E-state index contributed by atoms with van der Waals surface area (Å²) in [5.74, 6) is -1.10. The first kappa shape index (κ1) is 17.9. The number of hydrogen-bond acceptors (Lipinski definition) is 4. The van der Waals surface area contributed by atoms with Gasteiger partial charge in [0.25, 0.3) is 0 Å². The van der Waals surface area contributed by atoms with Gasteiger partial charge in [-0.15, -0.1) is 11.8 Å². The molecule has 6 nitrogen and oxygen atoms in total. The first-order valence-electron chi connectivity index (χ1n) is 8.39. The van der Waals surface area contributed by atoms with E-state index in [0.29, 0.717) is 6.42 Å². The number of aliphatic hydroxyl groups is 1. The molecule has 1 aromatic heterocycles. The van der Waals surface area contributed by atoms with E-state index in [4.69, 9.17) is 0 Å². The fourth-order valence-electron chi connectivity index (χ4n) is 3.76. The molecule has 0 spiro atoms. The Morgan fingerprint density at radius 3 is 2.60 bits per heavy atom. The molecule has 1 aromatic rings. The van der Waals surface area contributed by atoms with Gasteiger partial charge < -0.3 is 15.1 Å². The van der Waals surface area contributed by atoms with Crippen LogP contribution in [-0.4, -0.2) is 44.9 Å². The maximum atomic E-state index is 12.2. The van der Waals surface area contributed by atoms with Gasteiger partial charge in [0.05, 0.1) is 23.8 Å². The second kappa shape index (κ2) is 6.80. The van der Waals surface area contributed by atoms with Crippen LogP contribution in [0.15, 0.2) is 28.8 Å². The third-order valence-corrected chi connectivity index (χ3v) is 6.10. The number of aliphatic hydroxyl groups excluding tert-OH is 1. The van der Waals surface area contributed by atoms with Gasteiger partial charge in [-0.05, 0) is 13.0 Å². The predicted molar refractivity (Wildman–Crippen MR) is 93.7 cm³/mol. The molecule has 0 aromatic carbocycles. The van der Waals surface area contributed by atoms with Crippen molar-refractivity contribution in [3.63, 3.8) is 0 Å². The Hall–Kier alpha value is -1.86. The van der Waals surface area contributed by atoms with E-state index in [2.05, 4.69) is 4.57 Å². The lowest BCUT2D eigenvalue weighted by atomic mass is 9.83. The van der Waals surface area contributed by atoms with Gasteiger partial charge >= 0.3 is 5.97 Å². The number of rotatable bonds is 6. The second-order valence-electron chi connectivity index (χ2n) is 6.63. The topological polar surface area (TPSA) is 81.7 Å². The summed E-state index contributed by atoms with van der Waals surface area (Å²) in [6.45, 7) is 6.46. The van der Waals surface area contributed by atoms with Crippen LogP contribution in [0.5, 0.6) is 0 Å². The molecule has 1 saturated heterocycles. The predicted octanol–water partition coefficient (Wildman–Crippen LogP) is 1.23. The van der Waals surface area contributed by atoms with Crippen molar-refractivity contribution in [2.45, 2.75) is 45.9 Å². The van der Waals surface area contributed by atoms with Crippen molar-refractivity contribution >= 4 is 23.6 Å². The van der Waals surface area contributed by atoms with E-state index in [9.17, 15) is 19.8 Å². The first-order chi connectivity index (χ1) is 11.8. The lowest BCUT2D eigenvalue weighted by Gasteiger charge is -2.44. The zero-order valence-electron chi connectivity index (χ0n) is 14.6. The van der Waals surface area contributed by atoms with Crippen molar-refractivity contribution in [3.05, 3.63) is 40.2 Å². The van der Waals surface area contributed by atoms with Crippen LogP contribution in [0.2, 0.25) is 0 Å². The Kier molecular flexibility index (Phi) is 4.88. The Morgan fingerprint density at radius 1 is 1.40 bits per heavy atom. The smallest absolute Gasteiger partial charge is 0.353 e. The van der Waals surface area contributed by atoms with Crippen LogP contribution in [0.1, 0.15) is 24.7 Å². The molecule has 0 radical (unpaired) electrons. The molecule has 0 saturated carbocycles. The Bertz CT molecular complexity index is 739. The average Bonchev–Trinajstić information content (AvgIpc) is 2.84. The number of β-lactam (4-membered cyclic amide) rings is 1. The highest BCUT2D eigenvalue weighted by Crippen LogP contribution is 2.46. The molecule has 1 amide bonds. The second-order valence-corrected chi connectivity index (χ2v) is 7.82. The highest BCUT2D eigenvalue weighted by Gasteiger charge is 2.56. The fourth-order valence-corrected chi connectivity index (χ4v) is 4.89. The van der Waals surface area contributed by atoms with Gasteiger partial charge in [-0.3, -0.25) is 4.79 Å². The first-order valence-corrected chi connectivity index (χ1v) is 9.38. The molecular formula is C18H23N2O4S+. The molecule has 2 N–H and O–H groups in total. The molecule has 25 heavy (non-hydrogen) atoms. The van der Waals surface area contributed by atoms with Crippen LogP contribution < -0.4 is 4.57 Å². The normalized spacial score (nSPS) is 23.5.